The van der Waals surface area contributed by atoms with Crippen molar-refractivity contribution < 1.29 is 49.1 Å². The highest BCUT2D eigenvalue weighted by Crippen LogP contribution is 2.66. The zero-order valence-electron chi connectivity index (χ0n) is 30.6. The molecule has 0 radical (unpaired) electrons. The maximum absolute atomic E-state index is 14.6. The van der Waals surface area contributed by atoms with Crippen LogP contribution in [0.4, 0.5) is 0 Å². The molecule has 0 spiro atoms. The molecule has 0 heterocycles. The number of nitrogens with two attached hydrogens (primary N) is 1. The Kier molecular flexibility index (Phi) is 10.2. The number of hydrogen-bond donors (Lipinski definition) is 6. The number of ether oxygens (including phenoxy) is 2. The number of carbonyl (C=O) groups excluding carboxylic acids is 4. The highest BCUT2D eigenvalue weighted by Gasteiger charge is 2.76. The molecule has 2 fully saturated rings. The number of nitrogens with one attached hydrogen (secondary N) is 1. The van der Waals surface area contributed by atoms with Gasteiger partial charge in [0.25, 0.3) is 0 Å². The largest absolute Gasteiger partial charge is 0.507 e. The summed E-state index contributed by atoms with van der Waals surface area (Å²) in [5, 5.41) is 50.4. The molecule has 9 atom stereocenters. The van der Waals surface area contributed by atoms with Gasteiger partial charge in [-0.3, -0.25) is 19.2 Å². The molecule has 12 heteroatoms. The predicted molar refractivity (Wildman–Crippen MR) is 188 cm³/mol. The van der Waals surface area contributed by atoms with E-state index in [1.807, 2.05) is 32.9 Å². The number of benzene rings is 2. The van der Waals surface area contributed by atoms with Crippen LogP contribution in [0.1, 0.15) is 75.9 Å². The van der Waals surface area contributed by atoms with Gasteiger partial charge in [0.05, 0.1) is 31.8 Å². The summed E-state index contributed by atoms with van der Waals surface area (Å²) in [6.45, 7) is 11.4. The van der Waals surface area contributed by atoms with E-state index in [2.05, 4.69) is 5.32 Å². The number of phenols is 1. The zero-order chi connectivity index (χ0) is 38.0. The molecule has 2 aromatic rings. The molecule has 1 amide bonds. The monoisotopic (exact) mass is 708 g/mol. The van der Waals surface area contributed by atoms with Crippen LogP contribution in [0.15, 0.2) is 30.3 Å². The van der Waals surface area contributed by atoms with E-state index in [9.17, 15) is 39.6 Å². The summed E-state index contributed by atoms with van der Waals surface area (Å²) in [5.41, 5.74) is 2.97. The molecule has 2 saturated carbocycles. The Morgan fingerprint density at radius 3 is 2.27 bits per heavy atom. The second-order valence-corrected chi connectivity index (χ2v) is 16.1. The smallest absolute Gasteiger partial charge is 0.322 e. The van der Waals surface area contributed by atoms with Crippen molar-refractivity contribution in [2.24, 2.45) is 46.2 Å². The van der Waals surface area contributed by atoms with E-state index >= 15 is 0 Å². The van der Waals surface area contributed by atoms with E-state index in [1.54, 1.807) is 32.9 Å². The minimum absolute atomic E-state index is 0.0293. The summed E-state index contributed by atoms with van der Waals surface area (Å²) < 4.78 is 10.8. The molecule has 0 aromatic heterocycles. The normalized spacial score (nSPS) is 32.2. The van der Waals surface area contributed by atoms with Crippen LogP contribution in [0.25, 0.3) is 11.1 Å². The molecular formula is C39H52N2O10. The molecule has 3 aliphatic rings. The fourth-order valence-electron chi connectivity index (χ4n) is 9.98. The number of aliphatic hydroxyl groups is 3. The maximum atomic E-state index is 14.6. The second kappa shape index (κ2) is 13.6. The Bertz CT molecular complexity index is 1740. The number of aliphatic hydroxyl groups excluding tert-OH is 2. The number of phenolic OH excluding ortho intramolecular Hbond substituents is 1. The van der Waals surface area contributed by atoms with Gasteiger partial charge in [0, 0.05) is 17.5 Å². The van der Waals surface area contributed by atoms with Gasteiger partial charge < -0.3 is 41.0 Å². The number of Topliss-reactive ketones (excluding diaryl/α,β-unsaturated/α-hetero) is 2. The van der Waals surface area contributed by atoms with Crippen molar-refractivity contribution in [2.75, 3.05) is 14.2 Å². The molecule has 5 rings (SSSR count). The third-order valence-electron chi connectivity index (χ3n) is 12.0. The van der Waals surface area contributed by atoms with Gasteiger partial charge >= 0.3 is 5.97 Å². The maximum Gasteiger partial charge on any atom is 0.322 e. The highest BCUT2D eigenvalue weighted by molar-refractivity contribution is 6.09. The summed E-state index contributed by atoms with van der Waals surface area (Å²) in [6.07, 6.45) is -2.72. The number of fused-ring (bicyclic) bond motifs is 3. The summed E-state index contributed by atoms with van der Waals surface area (Å²) in [4.78, 5) is 53.6. The van der Waals surface area contributed by atoms with Crippen molar-refractivity contribution >= 4 is 23.4 Å². The molecule has 51 heavy (non-hydrogen) atoms. The molecule has 0 bridgehead atoms. The zero-order valence-corrected chi connectivity index (χ0v) is 30.6. The lowest BCUT2D eigenvalue weighted by Crippen LogP contribution is -2.79. The third-order valence-corrected chi connectivity index (χ3v) is 12.0. The van der Waals surface area contributed by atoms with Gasteiger partial charge in [-0.1, -0.05) is 53.7 Å². The molecule has 3 unspecified atom stereocenters. The molecule has 2 aromatic carbocycles. The Balaban J connectivity index is 1.63. The summed E-state index contributed by atoms with van der Waals surface area (Å²) in [6, 6.07) is 8.13. The van der Waals surface area contributed by atoms with Gasteiger partial charge in [-0.05, 0) is 77.3 Å². The molecule has 3 aliphatic carbocycles. The van der Waals surface area contributed by atoms with E-state index in [4.69, 9.17) is 15.2 Å². The first-order valence-electron chi connectivity index (χ1n) is 17.6. The van der Waals surface area contributed by atoms with E-state index < -0.39 is 69.9 Å². The number of esters is 1. The van der Waals surface area contributed by atoms with Crippen molar-refractivity contribution in [3.63, 3.8) is 0 Å². The Morgan fingerprint density at radius 1 is 1.04 bits per heavy atom. The lowest BCUT2D eigenvalue weighted by atomic mass is 9.39. The number of methoxy groups -OCH3 is 2. The number of carbonyl (C=O) groups is 4. The molecule has 278 valence electrons. The minimum atomic E-state index is -2.59. The Hall–Kier alpha value is -3.84. The molecule has 7 N–H and O–H groups in total. The number of aromatic hydroxyl groups is 1. The molecule has 0 saturated heterocycles. The molecular weight excluding hydrogens is 656 g/mol. The summed E-state index contributed by atoms with van der Waals surface area (Å²) in [5.74, 6) is -7.13. The van der Waals surface area contributed by atoms with Gasteiger partial charge in [0.1, 0.15) is 29.6 Å². The van der Waals surface area contributed by atoms with E-state index in [1.165, 1.54) is 20.3 Å². The van der Waals surface area contributed by atoms with Crippen molar-refractivity contribution in [3.8, 4) is 22.6 Å². The lowest BCUT2D eigenvalue weighted by molar-refractivity contribution is -0.265. The molecule has 0 aliphatic heterocycles. The van der Waals surface area contributed by atoms with Crippen LogP contribution in [0.3, 0.4) is 0 Å². The second-order valence-electron chi connectivity index (χ2n) is 16.1. The quantitative estimate of drug-likeness (QED) is 0.156. The lowest BCUT2D eigenvalue weighted by Gasteiger charge is -2.66. The van der Waals surface area contributed by atoms with Crippen LogP contribution in [-0.2, 0) is 32.1 Å². The van der Waals surface area contributed by atoms with Crippen molar-refractivity contribution in [2.45, 2.75) is 91.2 Å². The summed E-state index contributed by atoms with van der Waals surface area (Å²) in [7, 11) is 2.88. The van der Waals surface area contributed by atoms with E-state index in [0.717, 1.165) is 5.56 Å². The number of hydrogen-bond acceptors (Lipinski definition) is 11. The number of primary amides is 1. The first kappa shape index (κ1) is 38.4. The average molecular weight is 709 g/mol. The summed E-state index contributed by atoms with van der Waals surface area (Å²) >= 11 is 0. The first-order chi connectivity index (χ1) is 23.8. The third kappa shape index (κ3) is 5.93. The SMILES string of the molecule is COC(=O)C(CC(C)C)NCc1ccc(OC)c(-c2ccc(O)c3c2C[C@]2(C)C[C@]4(C)[C@@H](C(C)C)C(O)[C@@H](C(N)=O)C(=O)[C@]4(O)C(O)[C@H]2C3=O)c1. The van der Waals surface area contributed by atoms with Crippen LogP contribution in [0.5, 0.6) is 11.5 Å². The van der Waals surface area contributed by atoms with Crippen LogP contribution in [0, 0.1) is 40.4 Å². The number of rotatable bonds is 10. The van der Waals surface area contributed by atoms with E-state index in [-0.39, 0.29) is 42.0 Å². The van der Waals surface area contributed by atoms with Gasteiger partial charge in [0.15, 0.2) is 17.2 Å². The van der Waals surface area contributed by atoms with E-state index in [0.29, 0.717) is 35.4 Å². The van der Waals surface area contributed by atoms with Gasteiger partial charge in [0.2, 0.25) is 5.91 Å². The van der Waals surface area contributed by atoms with Crippen LogP contribution < -0.4 is 15.8 Å². The first-order valence-corrected chi connectivity index (χ1v) is 17.6. The topological polar surface area (TPSA) is 206 Å². The van der Waals surface area contributed by atoms with Crippen LogP contribution in [0.2, 0.25) is 0 Å². The van der Waals surface area contributed by atoms with Gasteiger partial charge in [-0.25, -0.2) is 0 Å². The highest BCUT2D eigenvalue weighted by atomic mass is 16.5. The van der Waals surface area contributed by atoms with Gasteiger partial charge in [-0.15, -0.1) is 0 Å². The van der Waals surface area contributed by atoms with Crippen molar-refractivity contribution in [1.82, 2.24) is 5.32 Å². The van der Waals surface area contributed by atoms with Crippen molar-refractivity contribution in [1.29, 1.82) is 0 Å². The number of amides is 1. The minimum Gasteiger partial charge on any atom is -0.507 e. The molecule has 12 nitrogen and oxygen atoms in total. The van der Waals surface area contributed by atoms with Gasteiger partial charge in [-0.2, -0.15) is 0 Å². The predicted octanol–water partition coefficient (Wildman–Crippen LogP) is 2.93. The average Bonchev–Trinajstić information content (AvgIpc) is 3.03. The number of ketones is 2. The fourth-order valence-corrected chi connectivity index (χ4v) is 9.98. The van der Waals surface area contributed by atoms with Crippen molar-refractivity contribution in [3.05, 3.63) is 47.0 Å². The Labute approximate surface area is 298 Å². The standard InChI is InChI=1S/C39H52N2O10/c1-18(2)13-24(36(48)51-8)41-16-20-9-12-26(50-7)22(14-20)21-10-11-25(42)27-23(21)15-37(5)17-38(6)29(19(3)4)32(44)28(35(40)47)33(45)39(38,49)34(46)30(37)31(27)43/h9-12,14,18-19,24,28-30,32,34,41-42,44,46,49H,13,15-17H2,1-8H3,(H2,40,47)/t24?,28-,29+,30-,32?,34?,37-,38-,39+/m1/s1. The Morgan fingerprint density at radius 2 is 1.71 bits per heavy atom. The van der Waals surface area contributed by atoms with Crippen LogP contribution >= 0.6 is 0 Å². The fraction of sp³-hybridized carbons (Fsp3) is 0.590. The van der Waals surface area contributed by atoms with Crippen LogP contribution in [-0.4, -0.2) is 81.9 Å².